The summed E-state index contributed by atoms with van der Waals surface area (Å²) >= 11 is 7.89. The number of halogens is 1. The van der Waals surface area contributed by atoms with Gasteiger partial charge >= 0.3 is 0 Å². The zero-order valence-corrected chi connectivity index (χ0v) is 21.1. The van der Waals surface area contributed by atoms with Gasteiger partial charge < -0.3 is 15.5 Å². The van der Waals surface area contributed by atoms with E-state index >= 15 is 0 Å². The molecular weight excluding hydrogens is 478 g/mol. The first kappa shape index (κ1) is 22.4. The average Bonchev–Trinajstić information content (AvgIpc) is 3.22. The summed E-state index contributed by atoms with van der Waals surface area (Å²) in [4.78, 5) is 24.4. The van der Waals surface area contributed by atoms with Crippen LogP contribution in [0, 0.1) is 5.41 Å². The van der Waals surface area contributed by atoms with Crippen LogP contribution in [0.1, 0.15) is 24.0 Å². The van der Waals surface area contributed by atoms with E-state index in [0.29, 0.717) is 16.3 Å². The molecule has 9 heteroatoms. The standard InChI is InChI=1S/C26H26ClN7S/c1-33-21-3-2-20(35-19-5-10-30-24(28)23(19)27)25(33)31-11-6-22(32-21)34-12-7-26(8-13-34)14-17-4-9-29-16-18(17)15-26/h2-6,9-11,16H,7-8,12-15H2,1H3,(H2,28,30). The molecule has 6 rings (SSSR count). The Morgan fingerprint density at radius 3 is 2.74 bits per heavy atom. The number of hydrogen-bond donors (Lipinski definition) is 1. The summed E-state index contributed by atoms with van der Waals surface area (Å²) in [6.07, 6.45) is 18.2. The van der Waals surface area contributed by atoms with E-state index in [-0.39, 0.29) is 0 Å². The molecular formula is C26H26ClN7S. The van der Waals surface area contributed by atoms with Gasteiger partial charge in [0.15, 0.2) is 0 Å². The van der Waals surface area contributed by atoms with Gasteiger partial charge in [-0.05, 0) is 72.6 Å². The van der Waals surface area contributed by atoms with Gasteiger partial charge in [0.1, 0.15) is 23.3 Å². The van der Waals surface area contributed by atoms with Crippen LogP contribution in [-0.4, -0.2) is 52.0 Å². The molecule has 2 aromatic heterocycles. The first-order valence-corrected chi connectivity index (χ1v) is 12.9. The maximum absolute atomic E-state index is 6.37. The highest BCUT2D eigenvalue weighted by molar-refractivity contribution is 8.03. The van der Waals surface area contributed by atoms with Crippen LogP contribution in [0.3, 0.4) is 0 Å². The SMILES string of the molecule is CN1C2=NC(N3CCC4(CC3)Cc3ccncc3C4)=CC=NC1=C(Sc1ccnc(N)c1Cl)C=C2. The van der Waals surface area contributed by atoms with E-state index in [0.717, 1.165) is 59.6 Å². The summed E-state index contributed by atoms with van der Waals surface area (Å²) in [6.45, 7) is 1.99. The number of nitrogens with zero attached hydrogens (tertiary/aromatic N) is 6. The zero-order chi connectivity index (χ0) is 24.0. The number of hydrogen-bond acceptors (Lipinski definition) is 8. The number of nitrogens with two attached hydrogens (primary N) is 1. The molecule has 3 aliphatic heterocycles. The molecule has 0 saturated carbocycles. The Hall–Kier alpha value is -3.10. The molecule has 1 saturated heterocycles. The van der Waals surface area contributed by atoms with Crippen LogP contribution in [0.25, 0.3) is 0 Å². The summed E-state index contributed by atoms with van der Waals surface area (Å²) < 4.78 is 0. The Bertz CT molecular complexity index is 1310. The lowest BCUT2D eigenvalue weighted by molar-refractivity contribution is 0.135. The van der Waals surface area contributed by atoms with Crippen LogP contribution in [0.15, 0.2) is 80.4 Å². The van der Waals surface area contributed by atoms with Crippen LogP contribution in [0.5, 0.6) is 0 Å². The predicted molar refractivity (Wildman–Crippen MR) is 142 cm³/mol. The number of aromatic nitrogens is 2. The number of rotatable bonds is 3. The van der Waals surface area contributed by atoms with Crippen molar-refractivity contribution in [2.75, 3.05) is 25.9 Å². The first-order chi connectivity index (χ1) is 17.0. The number of likely N-dealkylation sites (tertiary alicyclic amines) is 1. The van der Waals surface area contributed by atoms with Gasteiger partial charge in [-0.15, -0.1) is 0 Å². The van der Waals surface area contributed by atoms with Crippen molar-refractivity contribution >= 4 is 41.2 Å². The van der Waals surface area contributed by atoms with E-state index in [1.165, 1.54) is 29.3 Å². The summed E-state index contributed by atoms with van der Waals surface area (Å²) in [5.74, 6) is 2.99. The minimum Gasteiger partial charge on any atom is -0.382 e. The minimum absolute atomic E-state index is 0.327. The minimum atomic E-state index is 0.327. The topological polar surface area (TPSA) is 83.0 Å². The first-order valence-electron chi connectivity index (χ1n) is 11.8. The molecule has 1 spiro atoms. The number of amidine groups is 1. The third kappa shape index (κ3) is 4.15. The number of allylic oxidation sites excluding steroid dienone is 2. The van der Waals surface area contributed by atoms with Crippen LogP contribution in [-0.2, 0) is 12.8 Å². The second-order valence-electron chi connectivity index (χ2n) is 9.45. The third-order valence-corrected chi connectivity index (χ3v) is 8.91. The Balaban J connectivity index is 1.20. The van der Waals surface area contributed by atoms with Crippen molar-refractivity contribution in [2.45, 2.75) is 30.6 Å². The van der Waals surface area contributed by atoms with Crippen molar-refractivity contribution < 1.29 is 0 Å². The number of fused-ring (bicyclic) bond motifs is 3. The molecule has 1 aliphatic carbocycles. The Kier molecular flexibility index (Phi) is 5.65. The molecule has 0 amide bonds. The second kappa shape index (κ2) is 8.84. The lowest BCUT2D eigenvalue weighted by Gasteiger charge is -2.40. The quantitative estimate of drug-likeness (QED) is 0.654. The normalized spacial score (nSPS) is 20.5. The van der Waals surface area contributed by atoms with Gasteiger partial charge in [-0.25, -0.2) is 15.0 Å². The lowest BCUT2D eigenvalue weighted by atomic mass is 9.76. The largest absolute Gasteiger partial charge is 0.382 e. The fourth-order valence-electron chi connectivity index (χ4n) is 5.32. The zero-order valence-electron chi connectivity index (χ0n) is 19.5. The molecule has 2 bridgehead atoms. The van der Waals surface area contributed by atoms with Gasteiger partial charge in [-0.2, -0.15) is 0 Å². The van der Waals surface area contributed by atoms with Crippen LogP contribution < -0.4 is 5.73 Å². The van der Waals surface area contributed by atoms with Crippen LogP contribution in [0.4, 0.5) is 5.82 Å². The third-order valence-electron chi connectivity index (χ3n) is 7.30. The van der Waals surface area contributed by atoms with E-state index in [1.807, 2.05) is 48.7 Å². The number of aliphatic imine (C=N–C) groups is 2. The molecule has 0 unspecified atom stereocenters. The van der Waals surface area contributed by atoms with E-state index in [4.69, 9.17) is 27.3 Å². The summed E-state index contributed by atoms with van der Waals surface area (Å²) in [5, 5.41) is 0.461. The van der Waals surface area contributed by atoms with Crippen LogP contribution in [0.2, 0.25) is 5.02 Å². The number of thioether (sulfide) groups is 1. The molecule has 0 atom stereocenters. The van der Waals surface area contributed by atoms with Crippen LogP contribution >= 0.6 is 23.4 Å². The smallest absolute Gasteiger partial charge is 0.147 e. The fourth-order valence-corrected chi connectivity index (χ4v) is 6.52. The molecule has 2 aromatic rings. The van der Waals surface area contributed by atoms with Crippen molar-refractivity contribution in [3.63, 3.8) is 0 Å². The highest BCUT2D eigenvalue weighted by atomic mass is 35.5. The molecule has 0 aromatic carbocycles. The van der Waals surface area contributed by atoms with Gasteiger partial charge in [0, 0.05) is 49.8 Å². The Morgan fingerprint density at radius 1 is 1.09 bits per heavy atom. The van der Waals surface area contributed by atoms with Crippen molar-refractivity contribution in [1.82, 2.24) is 19.8 Å². The number of nitrogen functional groups attached to an aromatic ring is 1. The maximum atomic E-state index is 6.37. The van der Waals surface area contributed by atoms with Crippen molar-refractivity contribution in [3.05, 3.63) is 81.6 Å². The molecule has 2 N–H and O–H groups in total. The number of anilines is 1. The summed E-state index contributed by atoms with van der Waals surface area (Å²) in [5.41, 5.74) is 9.15. The molecule has 1 fully saturated rings. The molecule has 5 heterocycles. The number of likely N-dealkylation sites (N-methyl/N-ethyl adjacent to an activating group) is 1. The summed E-state index contributed by atoms with van der Waals surface area (Å²) in [7, 11) is 2.00. The monoisotopic (exact) mass is 503 g/mol. The summed E-state index contributed by atoms with van der Waals surface area (Å²) in [6, 6.07) is 4.05. The molecule has 4 aliphatic rings. The molecule has 7 nitrogen and oxygen atoms in total. The Labute approximate surface area is 214 Å². The maximum Gasteiger partial charge on any atom is 0.147 e. The fraction of sp³-hybridized carbons (Fsp3) is 0.308. The second-order valence-corrected chi connectivity index (χ2v) is 10.9. The highest BCUT2D eigenvalue weighted by Crippen LogP contribution is 2.45. The number of piperidine rings is 1. The van der Waals surface area contributed by atoms with Gasteiger partial charge in [-0.3, -0.25) is 4.98 Å². The highest BCUT2D eigenvalue weighted by Gasteiger charge is 2.40. The van der Waals surface area contributed by atoms with E-state index in [2.05, 4.69) is 27.1 Å². The molecule has 0 radical (unpaired) electrons. The molecule has 35 heavy (non-hydrogen) atoms. The van der Waals surface area contributed by atoms with Crippen molar-refractivity contribution in [3.8, 4) is 0 Å². The number of pyridine rings is 2. The van der Waals surface area contributed by atoms with Gasteiger partial charge in [0.25, 0.3) is 0 Å². The van der Waals surface area contributed by atoms with E-state index < -0.39 is 0 Å². The van der Waals surface area contributed by atoms with Gasteiger partial charge in [0.05, 0.1) is 9.93 Å². The average molecular weight is 504 g/mol. The van der Waals surface area contributed by atoms with Crippen molar-refractivity contribution in [1.29, 1.82) is 0 Å². The Morgan fingerprint density at radius 2 is 1.91 bits per heavy atom. The van der Waals surface area contributed by atoms with Crippen molar-refractivity contribution in [2.24, 2.45) is 15.4 Å². The van der Waals surface area contributed by atoms with E-state index in [9.17, 15) is 0 Å². The van der Waals surface area contributed by atoms with E-state index in [1.54, 1.807) is 6.20 Å². The lowest BCUT2D eigenvalue weighted by Crippen LogP contribution is -2.40. The predicted octanol–water partition coefficient (Wildman–Crippen LogP) is 4.68. The van der Waals surface area contributed by atoms with Gasteiger partial charge in [0.2, 0.25) is 0 Å². The molecule has 178 valence electrons. The van der Waals surface area contributed by atoms with Gasteiger partial charge in [-0.1, -0.05) is 23.4 Å².